The second-order valence-corrected chi connectivity index (χ2v) is 5.54. The standard InChI is InChI=1S/C14H28F3N3O/c1-2-13(4-5-18)20-9-7-19(8-10-20)6-3-11-21-12-14(15,16)17/h13H,2-12,18H2,1H3. The summed E-state index contributed by atoms with van der Waals surface area (Å²) in [6, 6.07) is 0.562. The van der Waals surface area contributed by atoms with Gasteiger partial charge >= 0.3 is 6.18 Å². The number of halogens is 3. The number of hydrogen-bond donors (Lipinski definition) is 1. The quantitative estimate of drug-likeness (QED) is 0.658. The van der Waals surface area contributed by atoms with Crippen LogP contribution in [-0.2, 0) is 4.74 Å². The van der Waals surface area contributed by atoms with Gasteiger partial charge in [-0.1, -0.05) is 6.92 Å². The Bertz CT molecular complexity index is 269. The maximum atomic E-state index is 11.9. The van der Waals surface area contributed by atoms with E-state index in [1.165, 1.54) is 0 Å². The van der Waals surface area contributed by atoms with E-state index in [4.69, 9.17) is 5.73 Å². The third-order valence-corrected chi connectivity index (χ3v) is 3.92. The number of hydrogen-bond acceptors (Lipinski definition) is 4. The van der Waals surface area contributed by atoms with Crippen LogP contribution >= 0.6 is 0 Å². The smallest absolute Gasteiger partial charge is 0.372 e. The van der Waals surface area contributed by atoms with Crippen molar-refractivity contribution in [3.8, 4) is 0 Å². The molecule has 7 heteroatoms. The Morgan fingerprint density at radius 1 is 1.19 bits per heavy atom. The van der Waals surface area contributed by atoms with E-state index in [0.29, 0.717) is 12.5 Å². The summed E-state index contributed by atoms with van der Waals surface area (Å²) in [5, 5.41) is 0. The predicted octanol–water partition coefficient (Wildman–Crippen LogP) is 1.70. The molecule has 0 aromatic carbocycles. The third kappa shape index (κ3) is 7.99. The van der Waals surface area contributed by atoms with Gasteiger partial charge in [0.25, 0.3) is 0 Å². The summed E-state index contributed by atoms with van der Waals surface area (Å²) in [5.41, 5.74) is 5.63. The average Bonchev–Trinajstić information content (AvgIpc) is 2.44. The normalized spacial score (nSPS) is 19.9. The maximum Gasteiger partial charge on any atom is 0.411 e. The molecular formula is C14H28F3N3O. The predicted molar refractivity (Wildman–Crippen MR) is 77.3 cm³/mol. The lowest BCUT2D eigenvalue weighted by atomic mass is 10.1. The van der Waals surface area contributed by atoms with Crippen molar-refractivity contribution in [3.05, 3.63) is 0 Å². The van der Waals surface area contributed by atoms with E-state index in [0.717, 1.165) is 52.1 Å². The average molecular weight is 311 g/mol. The molecule has 1 fully saturated rings. The zero-order chi connectivity index (χ0) is 15.7. The summed E-state index contributed by atoms with van der Waals surface area (Å²) in [4.78, 5) is 4.77. The molecule has 1 saturated heterocycles. The highest BCUT2D eigenvalue weighted by atomic mass is 19.4. The lowest BCUT2D eigenvalue weighted by molar-refractivity contribution is -0.174. The number of nitrogens with zero attached hydrogens (tertiary/aromatic N) is 2. The monoisotopic (exact) mass is 311 g/mol. The fraction of sp³-hybridized carbons (Fsp3) is 1.00. The van der Waals surface area contributed by atoms with Crippen LogP contribution in [0.2, 0.25) is 0 Å². The minimum atomic E-state index is -4.22. The molecule has 0 aromatic rings. The molecule has 0 aliphatic carbocycles. The van der Waals surface area contributed by atoms with Gasteiger partial charge in [0.1, 0.15) is 6.61 Å². The van der Waals surface area contributed by atoms with Crippen LogP contribution in [0, 0.1) is 0 Å². The maximum absolute atomic E-state index is 11.9. The van der Waals surface area contributed by atoms with Crippen molar-refractivity contribution in [2.45, 2.75) is 38.4 Å². The van der Waals surface area contributed by atoms with E-state index in [-0.39, 0.29) is 6.61 Å². The van der Waals surface area contributed by atoms with Gasteiger partial charge in [0.2, 0.25) is 0 Å². The summed E-state index contributed by atoms with van der Waals surface area (Å²) in [7, 11) is 0. The largest absolute Gasteiger partial charge is 0.411 e. The van der Waals surface area contributed by atoms with E-state index >= 15 is 0 Å². The SMILES string of the molecule is CCC(CCN)N1CCN(CCCOCC(F)(F)F)CC1. The number of rotatable bonds is 9. The lowest BCUT2D eigenvalue weighted by Gasteiger charge is -2.39. The zero-order valence-corrected chi connectivity index (χ0v) is 12.9. The van der Waals surface area contributed by atoms with Crippen molar-refractivity contribution >= 4 is 0 Å². The molecule has 126 valence electrons. The van der Waals surface area contributed by atoms with Crippen LogP contribution in [0.5, 0.6) is 0 Å². The van der Waals surface area contributed by atoms with Crippen LogP contribution < -0.4 is 5.73 Å². The molecule has 0 aromatic heterocycles. The van der Waals surface area contributed by atoms with Gasteiger partial charge in [-0.3, -0.25) is 4.90 Å². The highest BCUT2D eigenvalue weighted by Gasteiger charge is 2.27. The first-order valence-electron chi connectivity index (χ1n) is 7.77. The zero-order valence-electron chi connectivity index (χ0n) is 12.9. The third-order valence-electron chi connectivity index (χ3n) is 3.92. The van der Waals surface area contributed by atoms with Crippen LogP contribution in [0.15, 0.2) is 0 Å². The first-order valence-corrected chi connectivity index (χ1v) is 7.77. The Balaban J connectivity index is 2.10. The minimum Gasteiger partial charge on any atom is -0.372 e. The van der Waals surface area contributed by atoms with Gasteiger partial charge in [0, 0.05) is 45.4 Å². The highest BCUT2D eigenvalue weighted by Crippen LogP contribution is 2.15. The summed E-state index contributed by atoms with van der Waals surface area (Å²) in [6.07, 6.45) is -1.43. The van der Waals surface area contributed by atoms with Crippen molar-refractivity contribution in [3.63, 3.8) is 0 Å². The molecular weight excluding hydrogens is 283 g/mol. The molecule has 1 unspecified atom stereocenters. The molecule has 1 aliphatic heterocycles. The van der Waals surface area contributed by atoms with E-state index in [1.54, 1.807) is 0 Å². The fourth-order valence-corrected chi connectivity index (χ4v) is 2.77. The van der Waals surface area contributed by atoms with E-state index in [2.05, 4.69) is 21.5 Å². The van der Waals surface area contributed by atoms with Gasteiger partial charge in [-0.25, -0.2) is 0 Å². The lowest BCUT2D eigenvalue weighted by Crippen LogP contribution is -2.50. The van der Waals surface area contributed by atoms with E-state index in [1.807, 2.05) is 0 Å². The van der Waals surface area contributed by atoms with Gasteiger partial charge in [-0.05, 0) is 25.8 Å². The van der Waals surface area contributed by atoms with Crippen LogP contribution in [-0.4, -0.2) is 74.5 Å². The van der Waals surface area contributed by atoms with Gasteiger partial charge in [0.15, 0.2) is 0 Å². The van der Waals surface area contributed by atoms with E-state index < -0.39 is 12.8 Å². The first kappa shape index (κ1) is 18.7. The second kappa shape index (κ2) is 9.61. The summed E-state index contributed by atoms with van der Waals surface area (Å²) in [5.74, 6) is 0. The topological polar surface area (TPSA) is 41.7 Å². The molecule has 2 N–H and O–H groups in total. The van der Waals surface area contributed by atoms with Gasteiger partial charge in [-0.15, -0.1) is 0 Å². The summed E-state index contributed by atoms with van der Waals surface area (Å²) in [6.45, 7) is 6.71. The van der Waals surface area contributed by atoms with Crippen molar-refractivity contribution in [1.29, 1.82) is 0 Å². The number of nitrogens with two attached hydrogens (primary N) is 1. The van der Waals surface area contributed by atoms with Crippen LogP contribution in [0.1, 0.15) is 26.2 Å². The summed E-state index contributed by atoms with van der Waals surface area (Å²) < 4.78 is 40.3. The molecule has 0 amide bonds. The second-order valence-electron chi connectivity index (χ2n) is 5.54. The Morgan fingerprint density at radius 3 is 2.38 bits per heavy atom. The van der Waals surface area contributed by atoms with Crippen molar-refractivity contribution in [2.75, 3.05) is 52.5 Å². The number of alkyl halides is 3. The minimum absolute atomic E-state index is 0.171. The fourth-order valence-electron chi connectivity index (χ4n) is 2.77. The summed E-state index contributed by atoms with van der Waals surface area (Å²) >= 11 is 0. The van der Waals surface area contributed by atoms with Gasteiger partial charge in [-0.2, -0.15) is 13.2 Å². The molecule has 1 rings (SSSR count). The molecule has 1 aliphatic rings. The molecule has 1 heterocycles. The van der Waals surface area contributed by atoms with Crippen molar-refractivity contribution in [2.24, 2.45) is 5.73 Å². The van der Waals surface area contributed by atoms with Crippen molar-refractivity contribution in [1.82, 2.24) is 9.80 Å². The van der Waals surface area contributed by atoms with Gasteiger partial charge < -0.3 is 15.4 Å². The Hall–Kier alpha value is -0.370. The van der Waals surface area contributed by atoms with Gasteiger partial charge in [0.05, 0.1) is 0 Å². The Kier molecular flexibility index (Phi) is 8.55. The van der Waals surface area contributed by atoms with Crippen LogP contribution in [0.4, 0.5) is 13.2 Å². The number of ether oxygens (including phenoxy) is 1. The Morgan fingerprint density at radius 2 is 1.86 bits per heavy atom. The van der Waals surface area contributed by atoms with Crippen molar-refractivity contribution < 1.29 is 17.9 Å². The Labute approximate surface area is 125 Å². The highest BCUT2D eigenvalue weighted by molar-refractivity contribution is 4.78. The van der Waals surface area contributed by atoms with Crippen LogP contribution in [0.3, 0.4) is 0 Å². The molecule has 4 nitrogen and oxygen atoms in total. The molecule has 0 saturated carbocycles. The molecule has 0 radical (unpaired) electrons. The molecule has 21 heavy (non-hydrogen) atoms. The molecule has 0 spiro atoms. The first-order chi connectivity index (χ1) is 9.96. The van der Waals surface area contributed by atoms with Crippen LogP contribution in [0.25, 0.3) is 0 Å². The van der Waals surface area contributed by atoms with E-state index in [9.17, 15) is 13.2 Å². The molecule has 0 bridgehead atoms. The number of piperazine rings is 1. The molecule has 1 atom stereocenters.